The molecule has 5 nitrogen and oxygen atoms in total. The first-order valence-corrected chi connectivity index (χ1v) is 6.91. The molecule has 0 aromatic carbocycles. The summed E-state index contributed by atoms with van der Waals surface area (Å²) < 4.78 is 26.9. The zero-order chi connectivity index (χ0) is 13.0. The van der Waals surface area contributed by atoms with Crippen LogP contribution in [-0.2, 0) is 10.2 Å². The molecular weight excluding hydrogens is 228 g/mol. The Bertz CT molecular complexity index is 301. The van der Waals surface area contributed by atoms with Crippen LogP contribution in [0, 0.1) is 0 Å². The van der Waals surface area contributed by atoms with Crippen LogP contribution in [0.2, 0.25) is 0 Å². The van der Waals surface area contributed by atoms with Crippen molar-refractivity contribution >= 4 is 10.2 Å². The van der Waals surface area contributed by atoms with Gasteiger partial charge in [-0.15, -0.1) is 0 Å². The van der Waals surface area contributed by atoms with Gasteiger partial charge in [0, 0.05) is 32.8 Å². The van der Waals surface area contributed by atoms with Gasteiger partial charge in [-0.2, -0.15) is 17.0 Å². The maximum atomic E-state index is 12.1. The zero-order valence-corrected chi connectivity index (χ0v) is 11.7. The maximum Gasteiger partial charge on any atom is 0.281 e. The number of hydrogen-bond donors (Lipinski definition) is 1. The van der Waals surface area contributed by atoms with Gasteiger partial charge in [-0.05, 0) is 26.7 Å². The standard InChI is InChI=1S/C10H24N2O3S/c1-6-10(2,3)12(5)16(14,15)11(4)8-7-9-13/h13H,6-9H2,1-5H3. The molecule has 0 radical (unpaired) electrons. The SMILES string of the molecule is CCC(C)(C)N(C)S(=O)(=O)N(C)CCCO. The second-order valence-corrected chi connectivity index (χ2v) is 6.61. The Hall–Kier alpha value is -0.170. The first kappa shape index (κ1) is 15.8. The molecule has 0 heterocycles. The van der Waals surface area contributed by atoms with Gasteiger partial charge in [-0.1, -0.05) is 6.92 Å². The molecule has 1 N–H and O–H groups in total. The van der Waals surface area contributed by atoms with Gasteiger partial charge in [-0.3, -0.25) is 0 Å². The van der Waals surface area contributed by atoms with Crippen molar-refractivity contribution < 1.29 is 13.5 Å². The second kappa shape index (κ2) is 5.95. The van der Waals surface area contributed by atoms with E-state index in [0.717, 1.165) is 6.42 Å². The van der Waals surface area contributed by atoms with Gasteiger partial charge in [0.25, 0.3) is 10.2 Å². The highest BCUT2D eigenvalue weighted by molar-refractivity contribution is 7.86. The fourth-order valence-corrected chi connectivity index (χ4v) is 2.68. The minimum Gasteiger partial charge on any atom is -0.396 e. The molecule has 0 aromatic rings. The van der Waals surface area contributed by atoms with Crippen LogP contribution in [0.4, 0.5) is 0 Å². The van der Waals surface area contributed by atoms with Crippen molar-refractivity contribution in [1.29, 1.82) is 0 Å². The first-order valence-electron chi connectivity index (χ1n) is 5.51. The molecule has 0 aliphatic heterocycles. The van der Waals surface area contributed by atoms with Crippen LogP contribution in [0.5, 0.6) is 0 Å². The summed E-state index contributed by atoms with van der Waals surface area (Å²) in [5, 5.41) is 8.69. The quantitative estimate of drug-likeness (QED) is 0.724. The third kappa shape index (κ3) is 3.69. The average molecular weight is 252 g/mol. The van der Waals surface area contributed by atoms with E-state index in [2.05, 4.69) is 0 Å². The highest BCUT2D eigenvalue weighted by atomic mass is 32.2. The molecule has 0 unspecified atom stereocenters. The van der Waals surface area contributed by atoms with Crippen LogP contribution in [0.1, 0.15) is 33.6 Å². The van der Waals surface area contributed by atoms with Gasteiger partial charge >= 0.3 is 0 Å². The van der Waals surface area contributed by atoms with E-state index in [9.17, 15) is 8.42 Å². The third-order valence-corrected chi connectivity index (χ3v) is 5.25. The van der Waals surface area contributed by atoms with Crippen molar-refractivity contribution in [1.82, 2.24) is 8.61 Å². The Balaban J connectivity index is 4.78. The molecular formula is C10H24N2O3S. The van der Waals surface area contributed by atoms with Gasteiger partial charge in [0.05, 0.1) is 0 Å². The molecule has 0 saturated carbocycles. The van der Waals surface area contributed by atoms with E-state index in [-0.39, 0.29) is 6.61 Å². The van der Waals surface area contributed by atoms with Crippen molar-refractivity contribution in [3.63, 3.8) is 0 Å². The summed E-state index contributed by atoms with van der Waals surface area (Å²) in [4.78, 5) is 0. The van der Waals surface area contributed by atoms with Gasteiger partial charge in [0.2, 0.25) is 0 Å². The lowest BCUT2D eigenvalue weighted by atomic mass is 10.0. The average Bonchev–Trinajstić information content (AvgIpc) is 2.24. The molecule has 16 heavy (non-hydrogen) atoms. The van der Waals surface area contributed by atoms with E-state index >= 15 is 0 Å². The van der Waals surface area contributed by atoms with Gasteiger partial charge in [0.1, 0.15) is 0 Å². The Morgan fingerprint density at radius 1 is 1.25 bits per heavy atom. The van der Waals surface area contributed by atoms with Crippen molar-refractivity contribution in [2.24, 2.45) is 0 Å². The first-order chi connectivity index (χ1) is 7.20. The van der Waals surface area contributed by atoms with Crippen LogP contribution in [0.25, 0.3) is 0 Å². The Morgan fingerprint density at radius 3 is 2.12 bits per heavy atom. The third-order valence-electron chi connectivity index (χ3n) is 3.09. The molecule has 0 spiro atoms. The predicted molar refractivity (Wildman–Crippen MR) is 65.4 cm³/mol. The molecule has 0 rings (SSSR count). The smallest absolute Gasteiger partial charge is 0.281 e. The molecule has 0 fully saturated rings. The van der Waals surface area contributed by atoms with Crippen LogP contribution in [0.15, 0.2) is 0 Å². The predicted octanol–water partition coefficient (Wildman–Crippen LogP) is 0.666. The number of rotatable bonds is 7. The number of aliphatic hydroxyl groups excluding tert-OH is 1. The van der Waals surface area contributed by atoms with Crippen molar-refractivity contribution in [2.45, 2.75) is 39.2 Å². The topological polar surface area (TPSA) is 60.9 Å². The number of aliphatic hydroxyl groups is 1. The Labute approximate surface area is 99.2 Å². The van der Waals surface area contributed by atoms with E-state index in [4.69, 9.17) is 5.11 Å². The lowest BCUT2D eigenvalue weighted by Gasteiger charge is -2.36. The highest BCUT2D eigenvalue weighted by Crippen LogP contribution is 2.21. The van der Waals surface area contributed by atoms with Gasteiger partial charge in [-0.25, -0.2) is 0 Å². The fraction of sp³-hybridized carbons (Fsp3) is 1.00. The van der Waals surface area contributed by atoms with Crippen LogP contribution in [0.3, 0.4) is 0 Å². The summed E-state index contributed by atoms with van der Waals surface area (Å²) in [5.41, 5.74) is -0.397. The summed E-state index contributed by atoms with van der Waals surface area (Å²) >= 11 is 0. The van der Waals surface area contributed by atoms with Crippen LogP contribution < -0.4 is 0 Å². The van der Waals surface area contributed by atoms with E-state index in [1.54, 1.807) is 7.05 Å². The molecule has 0 bridgehead atoms. The normalized spacial score (nSPS) is 13.8. The lowest BCUT2D eigenvalue weighted by molar-refractivity contribution is 0.233. The highest BCUT2D eigenvalue weighted by Gasteiger charge is 2.33. The lowest BCUT2D eigenvalue weighted by Crippen LogP contribution is -2.50. The zero-order valence-electron chi connectivity index (χ0n) is 10.9. The van der Waals surface area contributed by atoms with Crippen LogP contribution >= 0.6 is 0 Å². The van der Waals surface area contributed by atoms with Crippen molar-refractivity contribution in [2.75, 3.05) is 27.2 Å². The summed E-state index contributed by atoms with van der Waals surface area (Å²) in [6, 6.07) is 0. The molecule has 0 atom stereocenters. The van der Waals surface area contributed by atoms with E-state index in [1.807, 2.05) is 20.8 Å². The molecule has 0 saturated heterocycles. The van der Waals surface area contributed by atoms with Crippen molar-refractivity contribution in [3.05, 3.63) is 0 Å². The second-order valence-electron chi connectivity index (χ2n) is 4.54. The number of hydrogen-bond acceptors (Lipinski definition) is 3. The number of nitrogens with zero attached hydrogens (tertiary/aromatic N) is 2. The minimum atomic E-state index is -3.43. The van der Waals surface area contributed by atoms with Crippen LogP contribution in [-0.4, -0.2) is 54.9 Å². The summed E-state index contributed by atoms with van der Waals surface area (Å²) in [6.07, 6.45) is 1.20. The summed E-state index contributed by atoms with van der Waals surface area (Å²) in [5.74, 6) is 0. The van der Waals surface area contributed by atoms with Gasteiger partial charge < -0.3 is 5.11 Å². The molecule has 0 amide bonds. The Morgan fingerprint density at radius 2 is 1.75 bits per heavy atom. The Kier molecular flexibility index (Phi) is 5.89. The summed E-state index contributed by atoms with van der Waals surface area (Å²) in [7, 11) is -0.299. The molecule has 0 aliphatic rings. The van der Waals surface area contributed by atoms with Gasteiger partial charge in [0.15, 0.2) is 0 Å². The monoisotopic (exact) mass is 252 g/mol. The molecule has 6 heteroatoms. The summed E-state index contributed by atoms with van der Waals surface area (Å²) in [6.45, 7) is 6.08. The van der Waals surface area contributed by atoms with Crippen molar-refractivity contribution in [3.8, 4) is 0 Å². The fourth-order valence-electron chi connectivity index (χ4n) is 1.15. The largest absolute Gasteiger partial charge is 0.396 e. The minimum absolute atomic E-state index is 0.000739. The van der Waals surface area contributed by atoms with E-state index in [0.29, 0.717) is 13.0 Å². The molecule has 98 valence electrons. The van der Waals surface area contributed by atoms with E-state index < -0.39 is 15.7 Å². The maximum absolute atomic E-state index is 12.1. The van der Waals surface area contributed by atoms with E-state index in [1.165, 1.54) is 15.7 Å². The molecule has 0 aromatic heterocycles. The molecule has 0 aliphatic carbocycles.